The Labute approximate surface area is 188 Å². The first kappa shape index (κ1) is 25.3. The number of rotatable bonds is 13. The molecule has 0 bridgehead atoms. The zero-order valence-corrected chi connectivity index (χ0v) is 20.6. The molecule has 2 rings (SSSR count). The molecule has 0 N–H and O–H groups in total. The largest absolute Gasteiger partial charge is 0.491 e. The van der Waals surface area contributed by atoms with Crippen LogP contribution in [0.25, 0.3) is 0 Å². The van der Waals surface area contributed by atoms with Gasteiger partial charge in [0, 0.05) is 30.1 Å². The van der Waals surface area contributed by atoms with Crippen molar-refractivity contribution in [3.05, 3.63) is 52.1 Å². The van der Waals surface area contributed by atoms with Crippen molar-refractivity contribution in [2.24, 2.45) is 0 Å². The lowest BCUT2D eigenvalue weighted by molar-refractivity contribution is 0.107. The van der Waals surface area contributed by atoms with E-state index in [1.54, 1.807) is 0 Å². The molecule has 170 valence electrons. The van der Waals surface area contributed by atoms with Crippen LogP contribution in [0.2, 0.25) is 0 Å². The minimum atomic E-state index is -0.0336. The van der Waals surface area contributed by atoms with Gasteiger partial charge in [-0.05, 0) is 84.5 Å². The van der Waals surface area contributed by atoms with Gasteiger partial charge >= 0.3 is 0 Å². The predicted molar refractivity (Wildman–Crippen MR) is 128 cm³/mol. The Morgan fingerprint density at radius 2 is 1.45 bits per heavy atom. The molecule has 0 heterocycles. The van der Waals surface area contributed by atoms with Crippen LogP contribution in [0, 0.1) is 27.7 Å². The van der Waals surface area contributed by atoms with Gasteiger partial charge in [-0.2, -0.15) is 0 Å². The van der Waals surface area contributed by atoms with E-state index in [1.807, 2.05) is 45.9 Å². The summed E-state index contributed by atoms with van der Waals surface area (Å²) in [6.07, 6.45) is 0. The SMILES string of the molecule is CCOCCOc1ccc(PC(=O)c2c(C)cc(C)c(C)c2C)c(OCCOCC)c1. The molecule has 31 heavy (non-hydrogen) atoms. The minimum absolute atomic E-state index is 0.0336. The number of carbonyl (C=O) groups is 1. The third-order valence-electron chi connectivity index (χ3n) is 5.17. The van der Waals surface area contributed by atoms with Gasteiger partial charge in [-0.3, -0.25) is 4.79 Å². The Balaban J connectivity index is 2.23. The second kappa shape index (κ2) is 12.8. The molecular formula is C25H35O5P. The first-order valence-electron chi connectivity index (χ1n) is 10.8. The van der Waals surface area contributed by atoms with Gasteiger partial charge in [0.05, 0.1) is 13.2 Å². The van der Waals surface area contributed by atoms with Crippen molar-refractivity contribution in [3.8, 4) is 11.5 Å². The summed E-state index contributed by atoms with van der Waals surface area (Å²) in [7, 11) is -0.0336. The minimum Gasteiger partial charge on any atom is -0.491 e. The van der Waals surface area contributed by atoms with E-state index in [2.05, 4.69) is 19.9 Å². The summed E-state index contributed by atoms with van der Waals surface area (Å²) in [6, 6.07) is 7.76. The van der Waals surface area contributed by atoms with Gasteiger partial charge in [0.25, 0.3) is 0 Å². The summed E-state index contributed by atoms with van der Waals surface area (Å²) >= 11 is 0. The number of hydrogen-bond donors (Lipinski definition) is 0. The molecule has 2 aromatic rings. The van der Waals surface area contributed by atoms with E-state index >= 15 is 0 Å². The van der Waals surface area contributed by atoms with E-state index in [4.69, 9.17) is 18.9 Å². The Kier molecular flexibility index (Phi) is 10.5. The van der Waals surface area contributed by atoms with Gasteiger partial charge in [0.2, 0.25) is 0 Å². The summed E-state index contributed by atoms with van der Waals surface area (Å²) in [4.78, 5) is 13.3. The van der Waals surface area contributed by atoms with Crippen LogP contribution in [0.4, 0.5) is 0 Å². The second-order valence-corrected chi connectivity index (χ2v) is 8.58. The number of benzene rings is 2. The van der Waals surface area contributed by atoms with E-state index < -0.39 is 0 Å². The molecule has 5 nitrogen and oxygen atoms in total. The average molecular weight is 447 g/mol. The lowest BCUT2D eigenvalue weighted by Crippen LogP contribution is -2.14. The maximum Gasteiger partial charge on any atom is 0.186 e. The smallest absolute Gasteiger partial charge is 0.186 e. The van der Waals surface area contributed by atoms with E-state index in [0.717, 1.165) is 22.0 Å². The van der Waals surface area contributed by atoms with E-state index in [1.165, 1.54) is 11.1 Å². The number of hydrogen-bond acceptors (Lipinski definition) is 5. The monoisotopic (exact) mass is 446 g/mol. The molecule has 0 saturated carbocycles. The fourth-order valence-corrected chi connectivity index (χ4v) is 4.54. The summed E-state index contributed by atoms with van der Waals surface area (Å²) < 4.78 is 22.4. The highest BCUT2D eigenvalue weighted by molar-refractivity contribution is 7.66. The first-order chi connectivity index (χ1) is 14.9. The summed E-state index contributed by atoms with van der Waals surface area (Å²) in [5.41, 5.74) is 5.40. The summed E-state index contributed by atoms with van der Waals surface area (Å²) in [6.45, 7) is 15.3. The Hall–Kier alpha value is -1.94. The fourth-order valence-electron chi connectivity index (χ4n) is 3.35. The Morgan fingerprint density at radius 3 is 2.10 bits per heavy atom. The maximum absolute atomic E-state index is 13.3. The molecule has 1 atom stereocenters. The molecule has 0 radical (unpaired) electrons. The standard InChI is InChI=1S/C25H35O5P/c1-7-27-11-13-29-21-9-10-23(22(16-21)30-14-12-28-8-2)31-25(26)24-18(4)15-17(3)19(5)20(24)6/h9-10,15-16,31H,7-8,11-14H2,1-6H3. The maximum atomic E-state index is 13.3. The van der Waals surface area contributed by atoms with Crippen LogP contribution in [-0.4, -0.2) is 45.2 Å². The van der Waals surface area contributed by atoms with Crippen molar-refractivity contribution in [3.63, 3.8) is 0 Å². The van der Waals surface area contributed by atoms with Crippen molar-refractivity contribution in [1.29, 1.82) is 0 Å². The molecule has 0 aliphatic carbocycles. The highest BCUT2D eigenvalue weighted by Gasteiger charge is 2.18. The Bertz CT molecular complexity index is 879. The molecule has 0 saturated heterocycles. The van der Waals surface area contributed by atoms with Gasteiger partial charge in [-0.15, -0.1) is 0 Å². The van der Waals surface area contributed by atoms with E-state index in [-0.39, 0.29) is 14.1 Å². The topological polar surface area (TPSA) is 54.0 Å². The molecule has 0 amide bonds. The van der Waals surface area contributed by atoms with Crippen molar-refractivity contribution >= 4 is 19.4 Å². The third-order valence-corrected chi connectivity index (χ3v) is 6.33. The van der Waals surface area contributed by atoms with Crippen LogP contribution in [0.5, 0.6) is 11.5 Å². The zero-order chi connectivity index (χ0) is 22.8. The highest BCUT2D eigenvalue weighted by atomic mass is 31.1. The first-order valence-corrected chi connectivity index (χ1v) is 11.8. The number of carbonyl (C=O) groups excluding carboxylic acids is 1. The van der Waals surface area contributed by atoms with Crippen molar-refractivity contribution < 1.29 is 23.7 Å². The normalized spacial score (nSPS) is 11.3. The number of ether oxygens (including phenoxy) is 4. The van der Waals surface area contributed by atoms with Crippen LogP contribution >= 0.6 is 8.58 Å². The zero-order valence-electron chi connectivity index (χ0n) is 19.6. The summed E-state index contributed by atoms with van der Waals surface area (Å²) in [5.74, 6) is 1.37. The van der Waals surface area contributed by atoms with E-state index in [9.17, 15) is 4.79 Å². The number of aryl methyl sites for hydroxylation is 2. The lowest BCUT2D eigenvalue weighted by atomic mass is 9.95. The third kappa shape index (κ3) is 7.31. The van der Waals surface area contributed by atoms with Crippen molar-refractivity contribution in [1.82, 2.24) is 0 Å². The second-order valence-electron chi connectivity index (χ2n) is 7.34. The Morgan fingerprint density at radius 1 is 0.806 bits per heavy atom. The molecule has 6 heteroatoms. The lowest BCUT2D eigenvalue weighted by Gasteiger charge is -2.16. The van der Waals surface area contributed by atoms with Crippen LogP contribution in [0.3, 0.4) is 0 Å². The van der Waals surface area contributed by atoms with Gasteiger partial charge in [0.1, 0.15) is 24.7 Å². The van der Waals surface area contributed by atoms with Gasteiger partial charge in [-0.1, -0.05) is 6.07 Å². The van der Waals surface area contributed by atoms with Crippen molar-refractivity contribution in [2.45, 2.75) is 41.5 Å². The van der Waals surface area contributed by atoms with E-state index in [0.29, 0.717) is 51.1 Å². The predicted octanol–water partition coefficient (Wildman–Crippen LogP) is 4.90. The van der Waals surface area contributed by atoms with Crippen LogP contribution in [0.15, 0.2) is 24.3 Å². The quantitative estimate of drug-likeness (QED) is 0.324. The molecular weight excluding hydrogens is 411 g/mol. The van der Waals surface area contributed by atoms with Crippen molar-refractivity contribution in [2.75, 3.05) is 39.6 Å². The van der Waals surface area contributed by atoms with Gasteiger partial charge in [0.15, 0.2) is 5.52 Å². The molecule has 0 aliphatic rings. The molecule has 0 aromatic heterocycles. The average Bonchev–Trinajstić information content (AvgIpc) is 2.74. The molecule has 0 spiro atoms. The van der Waals surface area contributed by atoms with Crippen LogP contribution < -0.4 is 14.8 Å². The molecule has 1 unspecified atom stereocenters. The molecule has 2 aromatic carbocycles. The summed E-state index contributed by atoms with van der Waals surface area (Å²) in [5, 5.41) is 0.871. The highest BCUT2D eigenvalue weighted by Crippen LogP contribution is 2.31. The van der Waals surface area contributed by atoms with Gasteiger partial charge < -0.3 is 18.9 Å². The van der Waals surface area contributed by atoms with Gasteiger partial charge in [-0.25, -0.2) is 0 Å². The fraction of sp³-hybridized carbons (Fsp3) is 0.480. The molecule has 0 aliphatic heterocycles. The van der Waals surface area contributed by atoms with Crippen LogP contribution in [0.1, 0.15) is 46.5 Å². The van der Waals surface area contributed by atoms with Crippen LogP contribution in [-0.2, 0) is 9.47 Å². The molecule has 0 fully saturated rings.